The molecule has 1 N–H and O–H groups in total. The molecule has 1 rings (SSSR count). The van der Waals surface area contributed by atoms with Gasteiger partial charge in [-0.2, -0.15) is 0 Å². The van der Waals surface area contributed by atoms with Gasteiger partial charge < -0.3 is 14.8 Å². The molecule has 0 bridgehead atoms. The van der Waals surface area contributed by atoms with Crippen LogP contribution in [0.1, 0.15) is 23.7 Å². The topological polar surface area (TPSA) is 64.6 Å². The molecule has 0 radical (unpaired) electrons. The number of methoxy groups -OCH3 is 1. The minimum atomic E-state index is -0.697. The highest BCUT2D eigenvalue weighted by Gasteiger charge is 2.15. The molecular weight excluding hydrogens is 282 g/mol. The Kier molecular flexibility index (Phi) is 7.04. The number of ether oxygens (including phenoxy) is 2. The van der Waals surface area contributed by atoms with E-state index in [0.717, 1.165) is 6.42 Å². The zero-order valence-electron chi connectivity index (χ0n) is 11.5. The third kappa shape index (κ3) is 5.19. The van der Waals surface area contributed by atoms with Crippen LogP contribution in [-0.2, 0) is 9.53 Å². The second-order valence-electron chi connectivity index (χ2n) is 4.20. The van der Waals surface area contributed by atoms with E-state index in [1.807, 2.05) is 0 Å². The SMILES string of the molecule is COCCCNC(=O)C(C)Oc1ccc(Cl)cc1C=O. The summed E-state index contributed by atoms with van der Waals surface area (Å²) in [5, 5.41) is 3.17. The Bertz CT molecular complexity index is 464. The van der Waals surface area contributed by atoms with Crippen LogP contribution in [0.3, 0.4) is 0 Å². The molecule has 110 valence electrons. The Morgan fingerprint density at radius 3 is 2.90 bits per heavy atom. The molecule has 0 aromatic heterocycles. The molecule has 1 aromatic rings. The van der Waals surface area contributed by atoms with Crippen LogP contribution < -0.4 is 10.1 Å². The summed E-state index contributed by atoms with van der Waals surface area (Å²) < 4.78 is 10.4. The van der Waals surface area contributed by atoms with Gasteiger partial charge in [0.2, 0.25) is 0 Å². The monoisotopic (exact) mass is 299 g/mol. The van der Waals surface area contributed by atoms with Crippen molar-refractivity contribution in [3.05, 3.63) is 28.8 Å². The molecule has 1 amide bonds. The fourth-order valence-electron chi connectivity index (χ4n) is 1.53. The first-order valence-corrected chi connectivity index (χ1v) is 6.64. The first-order chi connectivity index (χ1) is 9.58. The minimum Gasteiger partial charge on any atom is -0.480 e. The lowest BCUT2D eigenvalue weighted by atomic mass is 10.2. The number of benzene rings is 1. The largest absolute Gasteiger partial charge is 0.480 e. The number of hydrogen-bond donors (Lipinski definition) is 1. The highest BCUT2D eigenvalue weighted by atomic mass is 35.5. The molecule has 1 unspecified atom stereocenters. The van der Waals surface area contributed by atoms with E-state index in [2.05, 4.69) is 5.32 Å². The number of nitrogens with one attached hydrogen (secondary N) is 1. The first-order valence-electron chi connectivity index (χ1n) is 6.26. The molecule has 5 nitrogen and oxygen atoms in total. The van der Waals surface area contributed by atoms with Crippen molar-refractivity contribution >= 4 is 23.8 Å². The molecule has 6 heteroatoms. The van der Waals surface area contributed by atoms with Crippen LogP contribution in [0.2, 0.25) is 5.02 Å². The fraction of sp³-hybridized carbons (Fsp3) is 0.429. The van der Waals surface area contributed by atoms with E-state index in [-0.39, 0.29) is 5.91 Å². The number of carbonyl (C=O) groups excluding carboxylic acids is 2. The normalized spacial score (nSPS) is 11.8. The Morgan fingerprint density at radius 2 is 2.25 bits per heavy atom. The van der Waals surface area contributed by atoms with Crippen molar-refractivity contribution in [1.82, 2.24) is 5.32 Å². The third-order valence-corrected chi connectivity index (χ3v) is 2.83. The maximum absolute atomic E-state index is 11.8. The van der Waals surface area contributed by atoms with E-state index >= 15 is 0 Å². The molecule has 1 atom stereocenters. The Balaban J connectivity index is 2.54. The van der Waals surface area contributed by atoms with Gasteiger partial charge in [-0.05, 0) is 31.5 Å². The zero-order chi connectivity index (χ0) is 15.0. The van der Waals surface area contributed by atoms with Crippen LogP contribution in [0.25, 0.3) is 0 Å². The predicted molar refractivity (Wildman–Crippen MR) is 76.4 cm³/mol. The summed E-state index contributed by atoms with van der Waals surface area (Å²) in [6, 6.07) is 4.67. The molecule has 0 heterocycles. The predicted octanol–water partition coefficient (Wildman–Crippen LogP) is 2.07. The number of halogens is 1. The van der Waals surface area contributed by atoms with Gasteiger partial charge in [-0.25, -0.2) is 0 Å². The van der Waals surface area contributed by atoms with Crippen molar-refractivity contribution in [2.45, 2.75) is 19.4 Å². The standard InChI is InChI=1S/C14H18ClNO4/c1-10(14(18)16-6-3-7-19-2)20-13-5-4-12(15)8-11(13)9-17/h4-5,8-10H,3,6-7H2,1-2H3,(H,16,18). The molecule has 0 aliphatic rings. The van der Waals surface area contributed by atoms with Crippen LogP contribution in [0.5, 0.6) is 5.75 Å². The molecule has 0 saturated heterocycles. The molecule has 0 saturated carbocycles. The van der Waals surface area contributed by atoms with E-state index in [9.17, 15) is 9.59 Å². The second-order valence-corrected chi connectivity index (χ2v) is 4.63. The Labute approximate surface area is 123 Å². The maximum Gasteiger partial charge on any atom is 0.260 e. The van der Waals surface area contributed by atoms with Gasteiger partial charge in [-0.1, -0.05) is 11.6 Å². The molecule has 0 fully saturated rings. The van der Waals surface area contributed by atoms with E-state index < -0.39 is 6.10 Å². The van der Waals surface area contributed by atoms with Crippen molar-refractivity contribution < 1.29 is 19.1 Å². The smallest absolute Gasteiger partial charge is 0.260 e. The average Bonchev–Trinajstić information content (AvgIpc) is 2.45. The average molecular weight is 300 g/mol. The summed E-state index contributed by atoms with van der Waals surface area (Å²) in [5.41, 5.74) is 0.316. The first kappa shape index (κ1) is 16.5. The second kappa shape index (κ2) is 8.55. The third-order valence-electron chi connectivity index (χ3n) is 2.60. The van der Waals surface area contributed by atoms with Crippen LogP contribution in [0.15, 0.2) is 18.2 Å². The van der Waals surface area contributed by atoms with Crippen LogP contribution in [0.4, 0.5) is 0 Å². The summed E-state index contributed by atoms with van der Waals surface area (Å²) in [5.74, 6) is 0.0943. The number of aldehydes is 1. The fourth-order valence-corrected chi connectivity index (χ4v) is 1.72. The van der Waals surface area contributed by atoms with Crippen molar-refractivity contribution in [3.8, 4) is 5.75 Å². The quantitative estimate of drug-likeness (QED) is 0.589. The Morgan fingerprint density at radius 1 is 1.50 bits per heavy atom. The minimum absolute atomic E-state index is 0.243. The van der Waals surface area contributed by atoms with Crippen molar-refractivity contribution in [3.63, 3.8) is 0 Å². The number of rotatable bonds is 8. The molecule has 0 spiro atoms. The summed E-state index contributed by atoms with van der Waals surface area (Å²) in [6.07, 6.45) is 0.678. The van der Waals surface area contributed by atoms with E-state index in [4.69, 9.17) is 21.1 Å². The van der Waals surface area contributed by atoms with Gasteiger partial charge in [0.05, 0.1) is 5.56 Å². The lowest BCUT2D eigenvalue weighted by Gasteiger charge is -2.16. The molecule has 1 aromatic carbocycles. The van der Waals surface area contributed by atoms with E-state index in [0.29, 0.717) is 35.8 Å². The highest BCUT2D eigenvalue weighted by Crippen LogP contribution is 2.22. The Hall–Kier alpha value is -1.59. The lowest BCUT2D eigenvalue weighted by molar-refractivity contribution is -0.127. The number of hydrogen-bond acceptors (Lipinski definition) is 4. The van der Waals surface area contributed by atoms with Crippen molar-refractivity contribution in [2.75, 3.05) is 20.3 Å². The number of amides is 1. The molecule has 0 aliphatic carbocycles. The van der Waals surface area contributed by atoms with Gasteiger partial charge in [-0.15, -0.1) is 0 Å². The lowest BCUT2D eigenvalue weighted by Crippen LogP contribution is -2.37. The molecule has 0 aliphatic heterocycles. The molecular formula is C14H18ClNO4. The van der Waals surface area contributed by atoms with Gasteiger partial charge in [0, 0.05) is 25.3 Å². The highest BCUT2D eigenvalue weighted by molar-refractivity contribution is 6.30. The van der Waals surface area contributed by atoms with Crippen LogP contribution in [-0.4, -0.2) is 38.6 Å². The van der Waals surface area contributed by atoms with Crippen molar-refractivity contribution in [2.24, 2.45) is 0 Å². The molecule has 20 heavy (non-hydrogen) atoms. The van der Waals surface area contributed by atoms with Gasteiger partial charge in [0.1, 0.15) is 5.75 Å². The number of carbonyl (C=O) groups is 2. The summed E-state index contributed by atoms with van der Waals surface area (Å²) >= 11 is 5.79. The van der Waals surface area contributed by atoms with E-state index in [1.54, 1.807) is 26.2 Å². The van der Waals surface area contributed by atoms with Gasteiger partial charge in [-0.3, -0.25) is 9.59 Å². The van der Waals surface area contributed by atoms with Gasteiger partial charge in [0.15, 0.2) is 12.4 Å². The summed E-state index contributed by atoms with van der Waals surface area (Å²) in [4.78, 5) is 22.7. The maximum atomic E-state index is 11.8. The van der Waals surface area contributed by atoms with Crippen LogP contribution in [0, 0.1) is 0 Å². The van der Waals surface area contributed by atoms with E-state index in [1.165, 1.54) is 6.07 Å². The summed E-state index contributed by atoms with van der Waals surface area (Å²) in [6.45, 7) is 2.72. The van der Waals surface area contributed by atoms with Crippen molar-refractivity contribution in [1.29, 1.82) is 0 Å². The van der Waals surface area contributed by atoms with Crippen LogP contribution >= 0.6 is 11.6 Å². The zero-order valence-corrected chi connectivity index (χ0v) is 12.3. The van der Waals surface area contributed by atoms with Gasteiger partial charge >= 0.3 is 0 Å². The summed E-state index contributed by atoms with van der Waals surface area (Å²) in [7, 11) is 1.61. The van der Waals surface area contributed by atoms with Gasteiger partial charge in [0.25, 0.3) is 5.91 Å².